The Bertz CT molecular complexity index is 1100. The van der Waals surface area contributed by atoms with Crippen LogP contribution in [0.2, 0.25) is 0 Å². The Morgan fingerprint density at radius 1 is 1.16 bits per heavy atom. The molecule has 0 aliphatic carbocycles. The van der Waals surface area contributed by atoms with Crippen molar-refractivity contribution in [2.45, 2.75) is 25.9 Å². The standard InChI is InChI=1S/C24H24F3N3O2/c1-16-4-3-13-30(14-16)21-12-7-17-5-2-6-20(23(17)29-21)32-15-22(31)28-19-10-8-18(9-11-19)24(25,26)27/h2,5-12,16H,3-4,13-15H2,1H3,(H,28,31)/t16-/m1/s1. The second-order valence-electron chi connectivity index (χ2n) is 8.10. The first kappa shape index (κ1) is 21.9. The van der Waals surface area contributed by atoms with Crippen LogP contribution in [0.5, 0.6) is 5.75 Å². The molecule has 1 aromatic heterocycles. The van der Waals surface area contributed by atoms with Crippen LogP contribution in [0.4, 0.5) is 24.7 Å². The molecule has 4 rings (SSSR count). The molecule has 0 radical (unpaired) electrons. The molecule has 32 heavy (non-hydrogen) atoms. The number of halogens is 3. The van der Waals surface area contributed by atoms with E-state index in [4.69, 9.17) is 9.72 Å². The van der Waals surface area contributed by atoms with E-state index >= 15 is 0 Å². The molecule has 5 nitrogen and oxygen atoms in total. The van der Waals surface area contributed by atoms with Gasteiger partial charge in [-0.2, -0.15) is 13.2 Å². The van der Waals surface area contributed by atoms with Crippen molar-refractivity contribution in [1.82, 2.24) is 4.98 Å². The first-order chi connectivity index (χ1) is 15.3. The molecule has 8 heteroatoms. The molecular formula is C24H24F3N3O2. The van der Waals surface area contributed by atoms with Gasteiger partial charge in [0.25, 0.3) is 5.91 Å². The molecule has 0 saturated carbocycles. The van der Waals surface area contributed by atoms with Crippen LogP contribution in [-0.4, -0.2) is 30.6 Å². The number of rotatable bonds is 5. The number of carbonyl (C=O) groups excluding carboxylic acids is 1. The van der Waals surface area contributed by atoms with Crippen LogP contribution in [-0.2, 0) is 11.0 Å². The molecule has 1 amide bonds. The van der Waals surface area contributed by atoms with E-state index in [9.17, 15) is 18.0 Å². The Labute approximate surface area is 184 Å². The summed E-state index contributed by atoms with van der Waals surface area (Å²) in [4.78, 5) is 19.3. The molecule has 0 spiro atoms. The molecule has 0 bridgehead atoms. The highest BCUT2D eigenvalue weighted by Gasteiger charge is 2.30. The maximum Gasteiger partial charge on any atom is 0.416 e. The lowest BCUT2D eigenvalue weighted by molar-refractivity contribution is -0.137. The largest absolute Gasteiger partial charge is 0.481 e. The van der Waals surface area contributed by atoms with Crippen molar-refractivity contribution in [3.63, 3.8) is 0 Å². The zero-order chi connectivity index (χ0) is 22.7. The highest BCUT2D eigenvalue weighted by Crippen LogP contribution is 2.30. The topological polar surface area (TPSA) is 54.5 Å². The van der Waals surface area contributed by atoms with Crippen molar-refractivity contribution in [1.29, 1.82) is 0 Å². The van der Waals surface area contributed by atoms with Gasteiger partial charge in [0.15, 0.2) is 6.61 Å². The molecule has 1 N–H and O–H groups in total. The maximum absolute atomic E-state index is 12.7. The summed E-state index contributed by atoms with van der Waals surface area (Å²) in [7, 11) is 0. The van der Waals surface area contributed by atoms with Crippen LogP contribution in [0.15, 0.2) is 54.6 Å². The molecule has 1 saturated heterocycles. The fourth-order valence-corrected chi connectivity index (χ4v) is 3.88. The van der Waals surface area contributed by atoms with E-state index in [2.05, 4.69) is 17.1 Å². The highest BCUT2D eigenvalue weighted by molar-refractivity contribution is 5.92. The number of nitrogens with zero attached hydrogens (tertiary/aromatic N) is 2. The molecule has 0 unspecified atom stereocenters. The highest BCUT2D eigenvalue weighted by atomic mass is 19.4. The number of fused-ring (bicyclic) bond motifs is 1. The van der Waals surface area contributed by atoms with Crippen LogP contribution in [0.1, 0.15) is 25.3 Å². The summed E-state index contributed by atoms with van der Waals surface area (Å²) in [5, 5.41) is 3.45. The van der Waals surface area contributed by atoms with Gasteiger partial charge in [-0.05, 0) is 61.2 Å². The van der Waals surface area contributed by atoms with E-state index in [-0.39, 0.29) is 12.3 Å². The summed E-state index contributed by atoms with van der Waals surface area (Å²) in [5.41, 5.74) is 0.169. The number of carbonyl (C=O) groups is 1. The van der Waals surface area contributed by atoms with E-state index in [0.717, 1.165) is 42.8 Å². The predicted octanol–water partition coefficient (Wildman–Crippen LogP) is 5.51. The Morgan fingerprint density at radius 2 is 1.94 bits per heavy atom. The van der Waals surface area contributed by atoms with Crippen molar-refractivity contribution in [3.05, 3.63) is 60.2 Å². The normalized spacial score (nSPS) is 16.8. The van der Waals surface area contributed by atoms with E-state index in [0.29, 0.717) is 17.2 Å². The number of pyridine rings is 1. The van der Waals surface area contributed by atoms with Crippen LogP contribution < -0.4 is 15.0 Å². The fraction of sp³-hybridized carbons (Fsp3) is 0.333. The van der Waals surface area contributed by atoms with Crippen molar-refractivity contribution in [2.24, 2.45) is 5.92 Å². The molecule has 1 aliphatic rings. The van der Waals surface area contributed by atoms with Crippen LogP contribution in [0.3, 0.4) is 0 Å². The second-order valence-corrected chi connectivity index (χ2v) is 8.10. The SMILES string of the molecule is C[C@@H]1CCCN(c2ccc3cccc(OCC(=O)Nc4ccc(C(F)(F)F)cc4)c3n2)C1. The van der Waals surface area contributed by atoms with Gasteiger partial charge in [0.2, 0.25) is 0 Å². The number of hydrogen-bond acceptors (Lipinski definition) is 4. The summed E-state index contributed by atoms with van der Waals surface area (Å²) in [6, 6.07) is 13.8. The number of anilines is 2. The van der Waals surface area contributed by atoms with Gasteiger partial charge in [0.05, 0.1) is 5.56 Å². The minimum atomic E-state index is -4.42. The van der Waals surface area contributed by atoms with Gasteiger partial charge >= 0.3 is 6.18 Å². The zero-order valence-corrected chi connectivity index (χ0v) is 17.7. The number of nitrogens with one attached hydrogen (secondary N) is 1. The lowest BCUT2D eigenvalue weighted by Gasteiger charge is -2.32. The number of benzene rings is 2. The van der Waals surface area contributed by atoms with Gasteiger partial charge in [0, 0.05) is 24.2 Å². The Kier molecular flexibility index (Phi) is 6.21. The number of hydrogen-bond donors (Lipinski definition) is 1. The number of piperidine rings is 1. The fourth-order valence-electron chi connectivity index (χ4n) is 3.88. The van der Waals surface area contributed by atoms with E-state index < -0.39 is 17.6 Å². The van der Waals surface area contributed by atoms with Gasteiger partial charge in [-0.25, -0.2) is 4.98 Å². The number of aromatic nitrogens is 1. The molecular weight excluding hydrogens is 419 g/mol. The van der Waals surface area contributed by atoms with Crippen molar-refractivity contribution in [3.8, 4) is 5.75 Å². The maximum atomic E-state index is 12.7. The van der Waals surface area contributed by atoms with Gasteiger partial charge in [-0.3, -0.25) is 4.79 Å². The van der Waals surface area contributed by atoms with E-state index in [1.54, 1.807) is 6.07 Å². The minimum absolute atomic E-state index is 0.268. The molecule has 1 atom stereocenters. The lowest BCUT2D eigenvalue weighted by Crippen LogP contribution is -2.34. The van der Waals surface area contributed by atoms with E-state index in [1.165, 1.54) is 18.6 Å². The van der Waals surface area contributed by atoms with Crippen molar-refractivity contribution >= 4 is 28.3 Å². The first-order valence-corrected chi connectivity index (χ1v) is 10.5. The molecule has 1 fully saturated rings. The molecule has 3 aromatic rings. The first-order valence-electron chi connectivity index (χ1n) is 10.5. The average molecular weight is 443 g/mol. The molecule has 2 aromatic carbocycles. The van der Waals surface area contributed by atoms with Crippen molar-refractivity contribution < 1.29 is 22.7 Å². The Balaban J connectivity index is 1.44. The summed E-state index contributed by atoms with van der Waals surface area (Å²) in [5.74, 6) is 1.51. The molecule has 168 valence electrons. The Hall–Kier alpha value is -3.29. The molecule has 2 heterocycles. The Morgan fingerprint density at radius 3 is 2.66 bits per heavy atom. The number of ether oxygens (including phenoxy) is 1. The third-order valence-corrected chi connectivity index (χ3v) is 5.50. The van der Waals surface area contributed by atoms with Gasteiger partial charge in [0.1, 0.15) is 17.1 Å². The predicted molar refractivity (Wildman–Crippen MR) is 118 cm³/mol. The van der Waals surface area contributed by atoms with Crippen LogP contribution in [0.25, 0.3) is 10.9 Å². The number of alkyl halides is 3. The summed E-state index contributed by atoms with van der Waals surface area (Å²) < 4.78 is 43.7. The summed E-state index contributed by atoms with van der Waals surface area (Å²) >= 11 is 0. The van der Waals surface area contributed by atoms with Gasteiger partial charge in [-0.15, -0.1) is 0 Å². The lowest BCUT2D eigenvalue weighted by atomic mass is 10.0. The van der Waals surface area contributed by atoms with Gasteiger partial charge < -0.3 is 15.0 Å². The van der Waals surface area contributed by atoms with Gasteiger partial charge in [-0.1, -0.05) is 19.1 Å². The smallest absolute Gasteiger partial charge is 0.416 e. The van der Waals surface area contributed by atoms with E-state index in [1.807, 2.05) is 24.3 Å². The monoisotopic (exact) mass is 443 g/mol. The summed E-state index contributed by atoms with van der Waals surface area (Å²) in [6.45, 7) is 3.86. The number of amides is 1. The van der Waals surface area contributed by atoms with Crippen molar-refractivity contribution in [2.75, 3.05) is 29.9 Å². The second kappa shape index (κ2) is 9.06. The minimum Gasteiger partial charge on any atom is -0.481 e. The summed E-state index contributed by atoms with van der Waals surface area (Å²) in [6.07, 6.45) is -2.08. The third kappa shape index (κ3) is 5.12. The quantitative estimate of drug-likeness (QED) is 0.565. The number of para-hydroxylation sites is 1. The van der Waals surface area contributed by atoms with Crippen LogP contribution in [0, 0.1) is 5.92 Å². The zero-order valence-electron chi connectivity index (χ0n) is 17.7. The molecule has 1 aliphatic heterocycles. The third-order valence-electron chi connectivity index (χ3n) is 5.50. The average Bonchev–Trinajstić information content (AvgIpc) is 2.77. The van der Waals surface area contributed by atoms with Crippen LogP contribution >= 0.6 is 0 Å².